The van der Waals surface area contributed by atoms with Crippen LogP contribution < -0.4 is 9.47 Å². The molecule has 0 atom stereocenters. The smallest absolute Gasteiger partial charge is 0.283 e. The number of thioether (sulfide) groups is 1. The molecule has 0 saturated carbocycles. The van der Waals surface area contributed by atoms with Crippen LogP contribution in [0.3, 0.4) is 0 Å². The lowest BCUT2D eigenvalue weighted by Crippen LogP contribution is -2.35. The predicted octanol–water partition coefficient (Wildman–Crippen LogP) is 4.44. The van der Waals surface area contributed by atoms with Gasteiger partial charge in [-0.2, -0.15) is 15.1 Å². The molecule has 0 aliphatic carbocycles. The molecule has 0 fully saturated rings. The number of benzene rings is 2. The molecule has 2 aromatic carbocycles. The summed E-state index contributed by atoms with van der Waals surface area (Å²) in [5.74, 6) is 0.861. The van der Waals surface area contributed by atoms with E-state index >= 15 is 0 Å². The SMILES string of the molecule is CC1=NN2C(=N)/C(=C/c3ccc(OCCOc4ccccc4Cl)cc3)C(=O)N=C2S1. The average Bonchev–Trinajstić information content (AvgIpc) is 3.11. The van der Waals surface area contributed by atoms with Gasteiger partial charge in [0.05, 0.1) is 15.6 Å². The van der Waals surface area contributed by atoms with Crippen molar-refractivity contribution in [3.05, 3.63) is 64.7 Å². The zero-order valence-corrected chi connectivity index (χ0v) is 17.5. The minimum Gasteiger partial charge on any atom is -0.490 e. The van der Waals surface area contributed by atoms with Gasteiger partial charge in [-0.25, -0.2) is 0 Å². The summed E-state index contributed by atoms with van der Waals surface area (Å²) in [6.07, 6.45) is 1.63. The monoisotopic (exact) mass is 440 g/mol. The van der Waals surface area contributed by atoms with E-state index in [4.69, 9.17) is 26.5 Å². The number of amides is 1. The van der Waals surface area contributed by atoms with E-state index in [9.17, 15) is 4.79 Å². The molecule has 2 aromatic rings. The van der Waals surface area contributed by atoms with Gasteiger partial charge >= 0.3 is 0 Å². The molecule has 2 heterocycles. The largest absolute Gasteiger partial charge is 0.490 e. The Hall–Kier alpha value is -3.10. The first kappa shape index (κ1) is 20.2. The van der Waals surface area contributed by atoms with Crippen molar-refractivity contribution in [2.45, 2.75) is 6.92 Å². The van der Waals surface area contributed by atoms with Gasteiger partial charge in [0.1, 0.15) is 24.7 Å². The Kier molecular flexibility index (Phi) is 5.87. The molecule has 4 rings (SSSR count). The van der Waals surface area contributed by atoms with Crippen molar-refractivity contribution < 1.29 is 14.3 Å². The van der Waals surface area contributed by atoms with Crippen LogP contribution in [0.5, 0.6) is 11.5 Å². The van der Waals surface area contributed by atoms with Crippen LogP contribution in [0.1, 0.15) is 12.5 Å². The second-order valence-electron chi connectivity index (χ2n) is 6.34. The molecule has 0 aromatic heterocycles. The Morgan fingerprint density at radius 2 is 1.87 bits per heavy atom. The second-order valence-corrected chi connectivity index (χ2v) is 7.90. The van der Waals surface area contributed by atoms with Crippen molar-refractivity contribution >= 4 is 51.4 Å². The van der Waals surface area contributed by atoms with Gasteiger partial charge in [-0.15, -0.1) is 0 Å². The Balaban J connectivity index is 1.36. The molecular formula is C21H17ClN4O3S. The zero-order valence-electron chi connectivity index (χ0n) is 16.0. The van der Waals surface area contributed by atoms with Crippen LogP contribution in [0.25, 0.3) is 6.08 Å². The van der Waals surface area contributed by atoms with E-state index in [0.717, 1.165) is 10.6 Å². The first-order valence-corrected chi connectivity index (χ1v) is 10.3. The number of hydrogen-bond donors (Lipinski definition) is 1. The summed E-state index contributed by atoms with van der Waals surface area (Å²) in [5.41, 5.74) is 0.952. The molecular weight excluding hydrogens is 424 g/mol. The number of fused-ring (bicyclic) bond motifs is 1. The van der Waals surface area contributed by atoms with Crippen molar-refractivity contribution in [1.29, 1.82) is 5.41 Å². The number of carbonyl (C=O) groups is 1. The number of carbonyl (C=O) groups excluding carboxylic acids is 1. The van der Waals surface area contributed by atoms with Crippen molar-refractivity contribution in [3.8, 4) is 11.5 Å². The van der Waals surface area contributed by atoms with Gasteiger partial charge in [0.15, 0.2) is 5.84 Å². The minimum atomic E-state index is -0.444. The first-order valence-electron chi connectivity index (χ1n) is 9.08. The zero-order chi connectivity index (χ0) is 21.1. The Morgan fingerprint density at radius 3 is 2.63 bits per heavy atom. The number of rotatable bonds is 6. The summed E-state index contributed by atoms with van der Waals surface area (Å²) in [7, 11) is 0. The van der Waals surface area contributed by atoms with Crippen molar-refractivity contribution in [1.82, 2.24) is 5.01 Å². The van der Waals surface area contributed by atoms with E-state index in [1.807, 2.05) is 31.2 Å². The maximum atomic E-state index is 12.3. The van der Waals surface area contributed by atoms with Crippen LogP contribution >= 0.6 is 23.4 Å². The van der Waals surface area contributed by atoms with Crippen LogP contribution in [0.15, 0.2) is 64.2 Å². The van der Waals surface area contributed by atoms with E-state index in [0.29, 0.717) is 34.9 Å². The minimum absolute atomic E-state index is 0.0198. The van der Waals surface area contributed by atoms with Gasteiger partial charge in [0.25, 0.3) is 5.91 Å². The molecule has 0 bridgehead atoms. The van der Waals surface area contributed by atoms with E-state index in [2.05, 4.69) is 10.1 Å². The quantitative estimate of drug-likeness (QED) is 0.530. The highest BCUT2D eigenvalue weighted by atomic mass is 35.5. The Morgan fingerprint density at radius 1 is 1.13 bits per heavy atom. The van der Waals surface area contributed by atoms with E-state index < -0.39 is 5.91 Å². The fourth-order valence-electron chi connectivity index (χ4n) is 2.79. The van der Waals surface area contributed by atoms with Crippen LogP contribution in [-0.2, 0) is 4.79 Å². The van der Waals surface area contributed by atoms with E-state index in [1.54, 1.807) is 30.3 Å². The van der Waals surface area contributed by atoms with Gasteiger partial charge in [-0.3, -0.25) is 10.2 Å². The highest BCUT2D eigenvalue weighted by Gasteiger charge is 2.34. The maximum Gasteiger partial charge on any atom is 0.283 e. The van der Waals surface area contributed by atoms with Gasteiger partial charge in [-0.1, -0.05) is 35.9 Å². The number of para-hydroxylation sites is 1. The maximum absolute atomic E-state index is 12.3. The number of hydrazone groups is 1. The topological polar surface area (TPSA) is 87.3 Å². The summed E-state index contributed by atoms with van der Waals surface area (Å²) in [6, 6.07) is 14.5. The van der Waals surface area contributed by atoms with Gasteiger partial charge < -0.3 is 9.47 Å². The first-order chi connectivity index (χ1) is 14.5. The van der Waals surface area contributed by atoms with Crippen molar-refractivity contribution in [2.24, 2.45) is 10.1 Å². The number of ether oxygens (including phenoxy) is 2. The summed E-state index contributed by atoms with van der Waals surface area (Å²) >= 11 is 7.32. The summed E-state index contributed by atoms with van der Waals surface area (Å²) in [4.78, 5) is 16.3. The lowest BCUT2D eigenvalue weighted by molar-refractivity contribution is -0.114. The third-order valence-corrected chi connectivity index (χ3v) is 5.33. The Labute approximate surface area is 182 Å². The van der Waals surface area contributed by atoms with Crippen molar-refractivity contribution in [2.75, 3.05) is 13.2 Å². The average molecular weight is 441 g/mol. The molecule has 1 amide bonds. The molecule has 30 heavy (non-hydrogen) atoms. The lowest BCUT2D eigenvalue weighted by atomic mass is 10.1. The molecule has 2 aliphatic rings. The molecule has 0 radical (unpaired) electrons. The van der Waals surface area contributed by atoms with E-state index in [-0.39, 0.29) is 11.4 Å². The van der Waals surface area contributed by atoms with Crippen LogP contribution in [0.2, 0.25) is 5.02 Å². The van der Waals surface area contributed by atoms with Gasteiger partial charge in [0.2, 0.25) is 5.17 Å². The van der Waals surface area contributed by atoms with Crippen LogP contribution in [-0.4, -0.2) is 40.2 Å². The summed E-state index contributed by atoms with van der Waals surface area (Å²) < 4.78 is 11.3. The Bertz CT molecular complexity index is 1100. The molecule has 152 valence electrons. The van der Waals surface area contributed by atoms with Crippen LogP contribution in [0.4, 0.5) is 0 Å². The van der Waals surface area contributed by atoms with Gasteiger partial charge in [0, 0.05) is 0 Å². The fraction of sp³-hybridized carbons (Fsp3) is 0.143. The van der Waals surface area contributed by atoms with Crippen LogP contribution in [0, 0.1) is 5.41 Å². The molecule has 0 saturated heterocycles. The summed E-state index contributed by atoms with van der Waals surface area (Å²) in [5, 5.41) is 15.6. The highest BCUT2D eigenvalue weighted by molar-refractivity contribution is 8.26. The standard InChI is InChI=1S/C21H17ClN4O3S/c1-13-25-26-19(23)16(20(27)24-21(26)30-13)12-14-6-8-15(9-7-14)28-10-11-29-18-5-3-2-4-17(18)22/h2-9,12,23H,10-11H2,1H3/b16-12-,23-19?. The highest BCUT2D eigenvalue weighted by Crippen LogP contribution is 2.28. The molecule has 0 unspecified atom stereocenters. The number of amidine groups is 2. The third kappa shape index (κ3) is 4.39. The third-order valence-electron chi connectivity index (χ3n) is 4.19. The fourth-order valence-corrected chi connectivity index (χ4v) is 3.71. The molecule has 1 N–H and O–H groups in total. The number of nitrogens with zero attached hydrogens (tertiary/aromatic N) is 3. The second kappa shape index (κ2) is 8.73. The number of hydrogen-bond acceptors (Lipinski definition) is 6. The molecule has 9 heteroatoms. The van der Waals surface area contributed by atoms with Crippen molar-refractivity contribution in [3.63, 3.8) is 0 Å². The number of aliphatic imine (C=N–C) groups is 1. The normalized spacial score (nSPS) is 17.0. The number of halogens is 1. The molecule has 2 aliphatic heterocycles. The molecule has 0 spiro atoms. The predicted molar refractivity (Wildman–Crippen MR) is 120 cm³/mol. The summed E-state index contributed by atoms with van der Waals surface area (Å²) in [6.45, 7) is 2.52. The molecule has 7 nitrogen and oxygen atoms in total. The van der Waals surface area contributed by atoms with Gasteiger partial charge in [-0.05, 0) is 54.6 Å². The lowest BCUT2D eigenvalue weighted by Gasteiger charge is -2.20. The van der Waals surface area contributed by atoms with E-state index in [1.165, 1.54) is 16.8 Å². The number of nitrogens with one attached hydrogen (secondary N) is 1.